The predicted molar refractivity (Wildman–Crippen MR) is 59.9 cm³/mol. The fourth-order valence-electron chi connectivity index (χ4n) is 1.93. The SMILES string of the molecule is CN1C(=O)C[C@H](C(=O)O)c2cccc(Cl)c21. The molecule has 0 saturated heterocycles. The second-order valence-electron chi connectivity index (χ2n) is 3.73. The zero-order chi connectivity index (χ0) is 11.9. The Labute approximate surface area is 97.4 Å². The number of hydrogen-bond donors (Lipinski definition) is 1. The Balaban J connectivity index is 2.62. The fourth-order valence-corrected chi connectivity index (χ4v) is 2.24. The molecule has 0 spiro atoms. The summed E-state index contributed by atoms with van der Waals surface area (Å²) < 4.78 is 0. The van der Waals surface area contributed by atoms with Gasteiger partial charge in [0, 0.05) is 13.5 Å². The number of aliphatic carboxylic acids is 1. The summed E-state index contributed by atoms with van der Waals surface area (Å²) in [5.74, 6) is -2.02. The molecule has 4 nitrogen and oxygen atoms in total. The lowest BCUT2D eigenvalue weighted by Crippen LogP contribution is -2.35. The molecule has 0 aromatic heterocycles. The first-order valence-corrected chi connectivity index (χ1v) is 5.18. The molecule has 0 unspecified atom stereocenters. The number of fused-ring (bicyclic) bond motifs is 1. The average molecular weight is 240 g/mol. The van der Waals surface area contributed by atoms with Gasteiger partial charge in [0.15, 0.2) is 0 Å². The molecule has 1 aliphatic heterocycles. The van der Waals surface area contributed by atoms with E-state index in [0.29, 0.717) is 16.3 Å². The summed E-state index contributed by atoms with van der Waals surface area (Å²) in [6, 6.07) is 5.04. The Hall–Kier alpha value is -1.55. The molecule has 0 fully saturated rings. The Bertz CT molecular complexity index is 472. The van der Waals surface area contributed by atoms with Crippen LogP contribution >= 0.6 is 11.6 Å². The van der Waals surface area contributed by atoms with E-state index >= 15 is 0 Å². The van der Waals surface area contributed by atoms with E-state index in [1.807, 2.05) is 0 Å². The van der Waals surface area contributed by atoms with Crippen LogP contribution < -0.4 is 4.90 Å². The molecule has 84 valence electrons. The van der Waals surface area contributed by atoms with Gasteiger partial charge in [-0.1, -0.05) is 23.7 Å². The smallest absolute Gasteiger partial charge is 0.311 e. The second-order valence-corrected chi connectivity index (χ2v) is 4.13. The summed E-state index contributed by atoms with van der Waals surface area (Å²) >= 11 is 5.99. The minimum atomic E-state index is -0.995. The van der Waals surface area contributed by atoms with Crippen LogP contribution in [0.1, 0.15) is 17.9 Å². The number of halogens is 1. The number of carbonyl (C=O) groups excluding carboxylic acids is 1. The lowest BCUT2D eigenvalue weighted by Gasteiger charge is -2.30. The van der Waals surface area contributed by atoms with E-state index in [4.69, 9.17) is 16.7 Å². The number of rotatable bonds is 1. The van der Waals surface area contributed by atoms with E-state index in [-0.39, 0.29) is 12.3 Å². The van der Waals surface area contributed by atoms with Gasteiger partial charge in [-0.05, 0) is 11.6 Å². The quantitative estimate of drug-likeness (QED) is 0.814. The van der Waals surface area contributed by atoms with E-state index in [1.54, 1.807) is 25.2 Å². The van der Waals surface area contributed by atoms with Gasteiger partial charge in [0.2, 0.25) is 5.91 Å². The highest BCUT2D eigenvalue weighted by Gasteiger charge is 2.34. The molecule has 1 aliphatic rings. The van der Waals surface area contributed by atoms with Gasteiger partial charge in [-0.3, -0.25) is 9.59 Å². The van der Waals surface area contributed by atoms with E-state index < -0.39 is 11.9 Å². The van der Waals surface area contributed by atoms with E-state index in [9.17, 15) is 9.59 Å². The summed E-state index contributed by atoms with van der Waals surface area (Å²) in [5, 5.41) is 9.47. The van der Waals surface area contributed by atoms with E-state index in [1.165, 1.54) is 4.90 Å². The molecular formula is C11H10ClNO3. The summed E-state index contributed by atoms with van der Waals surface area (Å²) in [6.45, 7) is 0. The van der Waals surface area contributed by atoms with Crippen molar-refractivity contribution in [2.75, 3.05) is 11.9 Å². The van der Waals surface area contributed by atoms with Gasteiger partial charge in [0.05, 0.1) is 16.6 Å². The zero-order valence-electron chi connectivity index (χ0n) is 8.61. The highest BCUT2D eigenvalue weighted by molar-refractivity contribution is 6.34. The van der Waals surface area contributed by atoms with E-state index in [2.05, 4.69) is 0 Å². The van der Waals surface area contributed by atoms with Crippen LogP contribution in [0.3, 0.4) is 0 Å². The number of anilines is 1. The molecule has 2 rings (SSSR count). The molecule has 0 aliphatic carbocycles. The number of carboxylic acid groups (broad SMARTS) is 1. The van der Waals surface area contributed by atoms with Crippen molar-refractivity contribution in [2.24, 2.45) is 0 Å². The Morgan fingerprint density at radius 3 is 2.88 bits per heavy atom. The third-order valence-corrected chi connectivity index (χ3v) is 3.08. The minimum Gasteiger partial charge on any atom is -0.481 e. The largest absolute Gasteiger partial charge is 0.481 e. The number of carboxylic acids is 1. The van der Waals surface area contributed by atoms with Crippen molar-refractivity contribution in [3.8, 4) is 0 Å². The molecule has 1 aromatic rings. The van der Waals surface area contributed by atoms with Crippen LogP contribution in [-0.4, -0.2) is 24.0 Å². The molecule has 5 heteroatoms. The van der Waals surface area contributed by atoms with Crippen LogP contribution in [0.4, 0.5) is 5.69 Å². The lowest BCUT2D eigenvalue weighted by molar-refractivity contribution is -0.140. The lowest BCUT2D eigenvalue weighted by atomic mass is 9.90. The van der Waals surface area contributed by atoms with Crippen molar-refractivity contribution in [1.82, 2.24) is 0 Å². The summed E-state index contributed by atoms with van der Waals surface area (Å²) in [5.41, 5.74) is 1.11. The molecule has 1 atom stereocenters. The highest BCUT2D eigenvalue weighted by Crippen LogP contribution is 2.39. The number of amides is 1. The maximum absolute atomic E-state index is 11.6. The van der Waals surface area contributed by atoms with E-state index in [0.717, 1.165) is 0 Å². The van der Waals surface area contributed by atoms with Crippen molar-refractivity contribution >= 4 is 29.2 Å². The maximum atomic E-state index is 11.6. The molecule has 1 heterocycles. The van der Waals surface area contributed by atoms with Crippen LogP contribution in [0.2, 0.25) is 5.02 Å². The van der Waals surface area contributed by atoms with Gasteiger partial charge in [-0.2, -0.15) is 0 Å². The Morgan fingerprint density at radius 2 is 2.25 bits per heavy atom. The maximum Gasteiger partial charge on any atom is 0.311 e. The van der Waals surface area contributed by atoms with Crippen molar-refractivity contribution in [3.63, 3.8) is 0 Å². The summed E-state index contributed by atoms with van der Waals surface area (Å²) in [7, 11) is 1.60. The number of hydrogen-bond acceptors (Lipinski definition) is 2. The molecule has 0 radical (unpaired) electrons. The number of benzene rings is 1. The molecule has 0 bridgehead atoms. The molecule has 1 aromatic carbocycles. The molecule has 16 heavy (non-hydrogen) atoms. The molecule has 1 N–H and O–H groups in total. The van der Waals surface area contributed by atoms with Crippen molar-refractivity contribution in [1.29, 1.82) is 0 Å². The third-order valence-electron chi connectivity index (χ3n) is 2.78. The standard InChI is InChI=1S/C11H10ClNO3/c1-13-9(14)5-7(11(15)16)6-3-2-4-8(12)10(6)13/h2-4,7H,5H2,1H3,(H,15,16)/t7-/m0/s1. The Morgan fingerprint density at radius 1 is 1.56 bits per heavy atom. The fraction of sp³-hybridized carbons (Fsp3) is 0.273. The van der Waals surface area contributed by atoms with Gasteiger partial charge in [-0.15, -0.1) is 0 Å². The van der Waals surface area contributed by atoms with Crippen molar-refractivity contribution in [2.45, 2.75) is 12.3 Å². The number of nitrogens with zero attached hydrogens (tertiary/aromatic N) is 1. The van der Waals surface area contributed by atoms with Crippen molar-refractivity contribution < 1.29 is 14.7 Å². The molecule has 1 amide bonds. The predicted octanol–water partition coefficient (Wildman–Crippen LogP) is 1.87. The third kappa shape index (κ3) is 1.55. The molecule has 0 saturated carbocycles. The average Bonchev–Trinajstić information content (AvgIpc) is 2.22. The first kappa shape index (κ1) is 11.0. The van der Waals surface area contributed by atoms with Crippen LogP contribution in [-0.2, 0) is 9.59 Å². The first-order chi connectivity index (χ1) is 7.52. The van der Waals surface area contributed by atoms with Gasteiger partial charge in [0.1, 0.15) is 0 Å². The van der Waals surface area contributed by atoms with Gasteiger partial charge in [-0.25, -0.2) is 0 Å². The van der Waals surface area contributed by atoms with Crippen molar-refractivity contribution in [3.05, 3.63) is 28.8 Å². The second kappa shape index (κ2) is 3.79. The first-order valence-electron chi connectivity index (χ1n) is 4.80. The van der Waals surface area contributed by atoms with Crippen LogP contribution in [0.25, 0.3) is 0 Å². The number of carbonyl (C=O) groups is 2. The normalized spacial score (nSPS) is 19.5. The highest BCUT2D eigenvalue weighted by atomic mass is 35.5. The van der Waals surface area contributed by atoms with Gasteiger partial charge < -0.3 is 10.0 Å². The van der Waals surface area contributed by atoms with Crippen LogP contribution in [0.5, 0.6) is 0 Å². The van der Waals surface area contributed by atoms with Gasteiger partial charge >= 0.3 is 5.97 Å². The Kier molecular flexibility index (Phi) is 2.59. The number of para-hydroxylation sites is 1. The minimum absolute atomic E-state index is 0.0147. The summed E-state index contributed by atoms with van der Waals surface area (Å²) in [6.07, 6.45) is -0.0147. The zero-order valence-corrected chi connectivity index (χ0v) is 9.36. The topological polar surface area (TPSA) is 57.6 Å². The summed E-state index contributed by atoms with van der Waals surface area (Å²) in [4.78, 5) is 24.1. The van der Waals surface area contributed by atoms with Gasteiger partial charge in [0.25, 0.3) is 0 Å². The van der Waals surface area contributed by atoms with Crippen LogP contribution in [0.15, 0.2) is 18.2 Å². The van der Waals surface area contributed by atoms with Crippen LogP contribution in [0, 0.1) is 0 Å². The monoisotopic (exact) mass is 239 g/mol. The molecular weight excluding hydrogens is 230 g/mol.